The third-order valence-corrected chi connectivity index (χ3v) is 7.44. The second-order valence-electron chi connectivity index (χ2n) is 9.91. The number of nitrogens with zero attached hydrogens (tertiary/aromatic N) is 1. The number of Topliss-reactive ketones (excluding diaryl/α,β-unsaturated/α-hetero) is 1. The fourth-order valence-corrected chi connectivity index (χ4v) is 5.82. The molecule has 3 aromatic rings. The van der Waals surface area contributed by atoms with Gasteiger partial charge in [0, 0.05) is 22.9 Å². The lowest BCUT2D eigenvalue weighted by molar-refractivity contribution is 0.0600. The maximum absolute atomic E-state index is 13.8. The van der Waals surface area contributed by atoms with Crippen molar-refractivity contribution in [3.8, 4) is 5.75 Å². The number of esters is 1. The van der Waals surface area contributed by atoms with E-state index in [4.69, 9.17) is 9.47 Å². The summed E-state index contributed by atoms with van der Waals surface area (Å²) in [4.78, 5) is 26.1. The van der Waals surface area contributed by atoms with Crippen LogP contribution < -0.4 is 4.74 Å². The van der Waals surface area contributed by atoms with Crippen molar-refractivity contribution in [2.45, 2.75) is 51.5 Å². The Hall–Kier alpha value is -3.08. The van der Waals surface area contributed by atoms with Gasteiger partial charge < -0.3 is 14.0 Å². The Balaban J connectivity index is 1.76. The summed E-state index contributed by atoms with van der Waals surface area (Å²) in [6.45, 7) is 4.74. The Kier molecular flexibility index (Phi) is 4.70. The second kappa shape index (κ2) is 7.22. The molecule has 1 spiro atoms. The first-order valence-electron chi connectivity index (χ1n) is 11.2. The van der Waals surface area contributed by atoms with Crippen molar-refractivity contribution in [2.75, 3.05) is 14.2 Å². The molecule has 2 aliphatic carbocycles. The van der Waals surface area contributed by atoms with E-state index < -0.39 is 5.41 Å². The summed E-state index contributed by atoms with van der Waals surface area (Å²) in [6, 6.07) is 13.7. The minimum atomic E-state index is -0.412. The quantitative estimate of drug-likeness (QED) is 0.511. The number of rotatable bonds is 4. The van der Waals surface area contributed by atoms with E-state index in [2.05, 4.69) is 18.4 Å². The lowest BCUT2D eigenvalue weighted by atomic mass is 9.53. The number of methoxy groups -OCH3 is 2. The molecule has 1 aromatic heterocycles. The monoisotopic (exact) mass is 431 g/mol. The third-order valence-electron chi connectivity index (χ3n) is 7.44. The summed E-state index contributed by atoms with van der Waals surface area (Å²) < 4.78 is 12.4. The Labute approximate surface area is 188 Å². The molecule has 0 N–H and O–H groups in total. The van der Waals surface area contributed by atoms with Crippen molar-refractivity contribution in [3.05, 3.63) is 64.8 Å². The number of fused-ring (bicyclic) bond motifs is 4. The van der Waals surface area contributed by atoms with Crippen LogP contribution in [0.15, 0.2) is 42.5 Å². The molecule has 0 saturated heterocycles. The zero-order chi connectivity index (χ0) is 22.7. The molecular weight excluding hydrogens is 402 g/mol. The first-order valence-corrected chi connectivity index (χ1v) is 11.2. The van der Waals surface area contributed by atoms with Crippen molar-refractivity contribution in [1.82, 2.24) is 4.57 Å². The molecule has 2 aromatic carbocycles. The predicted molar refractivity (Wildman–Crippen MR) is 124 cm³/mol. The smallest absolute Gasteiger partial charge is 0.337 e. The average molecular weight is 432 g/mol. The molecule has 0 bridgehead atoms. The molecular formula is C27H29NO4. The molecule has 1 heterocycles. The highest BCUT2D eigenvalue weighted by Crippen LogP contribution is 2.58. The molecule has 0 aliphatic heterocycles. The summed E-state index contributed by atoms with van der Waals surface area (Å²) in [6.07, 6.45) is 4.20. The first kappa shape index (κ1) is 20.8. The zero-order valence-electron chi connectivity index (χ0n) is 19.2. The van der Waals surface area contributed by atoms with Gasteiger partial charge in [0.05, 0.1) is 25.5 Å². The van der Waals surface area contributed by atoms with E-state index in [1.807, 2.05) is 36.4 Å². The Morgan fingerprint density at radius 3 is 2.38 bits per heavy atom. The molecule has 0 atom stereocenters. The van der Waals surface area contributed by atoms with Crippen LogP contribution >= 0.6 is 0 Å². The second-order valence-corrected chi connectivity index (χ2v) is 9.91. The van der Waals surface area contributed by atoms with Crippen LogP contribution in [0.3, 0.4) is 0 Å². The lowest BCUT2D eigenvalue weighted by Gasteiger charge is -2.50. The number of carbonyl (C=O) groups is 2. The van der Waals surface area contributed by atoms with Gasteiger partial charge in [0.15, 0.2) is 5.78 Å². The highest BCUT2D eigenvalue weighted by Gasteiger charge is 2.53. The SMILES string of the molecule is COC(=O)c1ccc2c(c1)c1c(n2Cc2ccc(OC)cc2)C(=O)C(C)(C)CC12CCC2. The van der Waals surface area contributed by atoms with Crippen LogP contribution in [0.5, 0.6) is 5.75 Å². The van der Waals surface area contributed by atoms with Crippen LogP contribution in [0.4, 0.5) is 0 Å². The predicted octanol–water partition coefficient (Wildman–Crippen LogP) is 5.52. The molecule has 0 unspecified atom stereocenters. The maximum Gasteiger partial charge on any atom is 0.337 e. The van der Waals surface area contributed by atoms with Gasteiger partial charge in [-0.2, -0.15) is 0 Å². The fraction of sp³-hybridized carbons (Fsp3) is 0.407. The van der Waals surface area contributed by atoms with Crippen molar-refractivity contribution in [3.63, 3.8) is 0 Å². The van der Waals surface area contributed by atoms with Gasteiger partial charge in [-0.15, -0.1) is 0 Å². The van der Waals surface area contributed by atoms with Crippen molar-refractivity contribution in [2.24, 2.45) is 5.41 Å². The highest BCUT2D eigenvalue weighted by atomic mass is 16.5. The van der Waals surface area contributed by atoms with Crippen LogP contribution in [0.25, 0.3) is 10.9 Å². The molecule has 5 heteroatoms. The van der Waals surface area contributed by atoms with Crippen molar-refractivity contribution >= 4 is 22.7 Å². The molecule has 32 heavy (non-hydrogen) atoms. The topological polar surface area (TPSA) is 57.5 Å². The average Bonchev–Trinajstić information content (AvgIpc) is 3.09. The van der Waals surface area contributed by atoms with E-state index in [9.17, 15) is 9.59 Å². The molecule has 166 valence electrons. The first-order chi connectivity index (χ1) is 15.3. The number of hydrogen-bond acceptors (Lipinski definition) is 4. The lowest BCUT2D eigenvalue weighted by Crippen LogP contribution is -2.47. The molecule has 0 radical (unpaired) electrons. The van der Waals surface area contributed by atoms with Gasteiger partial charge >= 0.3 is 5.97 Å². The van der Waals surface area contributed by atoms with Crippen LogP contribution in [0.2, 0.25) is 0 Å². The van der Waals surface area contributed by atoms with Crippen LogP contribution in [0.1, 0.15) is 71.5 Å². The number of ketones is 1. The molecule has 5 nitrogen and oxygen atoms in total. The van der Waals surface area contributed by atoms with Crippen LogP contribution in [0, 0.1) is 5.41 Å². The molecule has 1 saturated carbocycles. The standard InChI is InChI=1S/C27H29NO4/c1-26(2)16-27(12-5-13-27)22-20-14-18(25(30)32-4)8-11-21(20)28(23(22)24(26)29)15-17-6-9-19(31-3)10-7-17/h6-11,14H,5,12-13,15-16H2,1-4H3. The van der Waals surface area contributed by atoms with Crippen molar-refractivity contribution in [1.29, 1.82) is 0 Å². The summed E-state index contributed by atoms with van der Waals surface area (Å²) in [5.74, 6) is 0.643. The summed E-state index contributed by atoms with van der Waals surface area (Å²) in [5.41, 5.74) is 4.17. The van der Waals surface area contributed by atoms with Gasteiger partial charge in [-0.3, -0.25) is 4.79 Å². The van der Waals surface area contributed by atoms with Crippen LogP contribution in [-0.2, 0) is 16.7 Å². The van der Waals surface area contributed by atoms with Gasteiger partial charge in [-0.05, 0) is 66.1 Å². The van der Waals surface area contributed by atoms with Crippen LogP contribution in [-0.4, -0.2) is 30.5 Å². The summed E-state index contributed by atoms with van der Waals surface area (Å²) in [7, 11) is 3.05. The molecule has 1 fully saturated rings. The van der Waals surface area contributed by atoms with E-state index in [1.54, 1.807) is 13.2 Å². The summed E-state index contributed by atoms with van der Waals surface area (Å²) in [5, 5.41) is 1.01. The van der Waals surface area contributed by atoms with Gasteiger partial charge in [0.1, 0.15) is 5.75 Å². The normalized spacial score (nSPS) is 18.3. The Bertz CT molecular complexity index is 1230. The number of benzene rings is 2. The molecule has 5 rings (SSSR count). The van der Waals surface area contributed by atoms with Crippen molar-refractivity contribution < 1.29 is 19.1 Å². The van der Waals surface area contributed by atoms with Gasteiger partial charge in [0.2, 0.25) is 0 Å². The van der Waals surface area contributed by atoms with E-state index in [0.717, 1.165) is 52.7 Å². The Morgan fingerprint density at radius 1 is 1.06 bits per heavy atom. The Morgan fingerprint density at radius 2 is 1.78 bits per heavy atom. The number of carbonyl (C=O) groups excluding carboxylic acids is 2. The number of aromatic nitrogens is 1. The van der Waals surface area contributed by atoms with Gasteiger partial charge in [0.25, 0.3) is 0 Å². The minimum Gasteiger partial charge on any atom is -0.497 e. The minimum absolute atomic E-state index is 0.00486. The van der Waals surface area contributed by atoms with E-state index >= 15 is 0 Å². The number of hydrogen-bond donors (Lipinski definition) is 0. The molecule has 2 aliphatic rings. The zero-order valence-corrected chi connectivity index (χ0v) is 19.2. The largest absolute Gasteiger partial charge is 0.497 e. The third kappa shape index (κ3) is 2.98. The summed E-state index contributed by atoms with van der Waals surface area (Å²) >= 11 is 0. The highest BCUT2D eigenvalue weighted by molar-refractivity contribution is 6.09. The van der Waals surface area contributed by atoms with Gasteiger partial charge in [-0.1, -0.05) is 32.4 Å². The van der Waals surface area contributed by atoms with Gasteiger partial charge in [-0.25, -0.2) is 4.79 Å². The molecule has 0 amide bonds. The number of ether oxygens (including phenoxy) is 2. The van der Waals surface area contributed by atoms with E-state index in [0.29, 0.717) is 12.1 Å². The maximum atomic E-state index is 13.8. The van der Waals surface area contributed by atoms with E-state index in [1.165, 1.54) is 13.5 Å². The fourth-order valence-electron chi connectivity index (χ4n) is 5.82. The van der Waals surface area contributed by atoms with E-state index in [-0.39, 0.29) is 17.2 Å².